The first kappa shape index (κ1) is 23.3. The summed E-state index contributed by atoms with van der Waals surface area (Å²) >= 11 is 6.34. The molecule has 0 unspecified atom stereocenters. The van der Waals surface area contributed by atoms with Gasteiger partial charge in [0.1, 0.15) is 12.3 Å². The van der Waals surface area contributed by atoms with E-state index in [1.807, 2.05) is 30.3 Å². The van der Waals surface area contributed by atoms with Crippen molar-refractivity contribution in [3.05, 3.63) is 59.5 Å². The molecule has 34 heavy (non-hydrogen) atoms. The molecular formula is C25H30ClN6OP. The number of nitrogens with one attached hydrogen (secondary N) is 1. The molecule has 0 amide bonds. The van der Waals surface area contributed by atoms with E-state index in [1.54, 1.807) is 12.4 Å². The first-order valence-electron chi connectivity index (χ1n) is 11.9. The van der Waals surface area contributed by atoms with Crippen LogP contribution in [-0.2, 0) is 11.1 Å². The molecule has 9 heteroatoms. The third-order valence-electron chi connectivity index (χ3n) is 6.76. The highest BCUT2D eigenvalue weighted by molar-refractivity contribution is 7.71. The number of halogens is 1. The van der Waals surface area contributed by atoms with Gasteiger partial charge in [-0.1, -0.05) is 42.8 Å². The van der Waals surface area contributed by atoms with E-state index in [4.69, 9.17) is 21.6 Å². The highest BCUT2D eigenvalue weighted by atomic mass is 35.5. The summed E-state index contributed by atoms with van der Waals surface area (Å²) in [5.74, 6) is 1.58. The van der Waals surface area contributed by atoms with E-state index in [1.165, 1.54) is 0 Å². The largest absolute Gasteiger partial charge is 0.367 e. The molecule has 2 aliphatic heterocycles. The van der Waals surface area contributed by atoms with Crippen LogP contribution < -0.4 is 15.5 Å². The van der Waals surface area contributed by atoms with Gasteiger partial charge >= 0.3 is 0 Å². The van der Waals surface area contributed by atoms with E-state index in [2.05, 4.69) is 33.1 Å². The lowest BCUT2D eigenvalue weighted by Crippen LogP contribution is -2.36. The molecule has 4 heterocycles. The van der Waals surface area contributed by atoms with Crippen LogP contribution in [0.4, 0.5) is 11.6 Å². The summed E-state index contributed by atoms with van der Waals surface area (Å²) in [5, 5.41) is 4.86. The van der Waals surface area contributed by atoms with Crippen molar-refractivity contribution in [1.29, 1.82) is 0 Å². The van der Waals surface area contributed by atoms with E-state index >= 15 is 0 Å². The predicted octanol–water partition coefficient (Wildman–Crippen LogP) is 4.34. The van der Waals surface area contributed by atoms with Crippen LogP contribution in [-0.4, -0.2) is 64.9 Å². The molecule has 0 saturated carbocycles. The molecule has 0 radical (unpaired) electrons. The van der Waals surface area contributed by atoms with Crippen molar-refractivity contribution in [3.8, 4) is 11.3 Å². The lowest BCUT2D eigenvalue weighted by atomic mass is 10.1. The molecule has 3 aromatic rings. The monoisotopic (exact) mass is 496 g/mol. The van der Waals surface area contributed by atoms with Crippen molar-refractivity contribution in [2.24, 2.45) is 0 Å². The van der Waals surface area contributed by atoms with Gasteiger partial charge in [-0.25, -0.2) is 15.0 Å². The van der Waals surface area contributed by atoms with Gasteiger partial charge in [-0.15, -0.1) is 0 Å². The van der Waals surface area contributed by atoms with Crippen LogP contribution in [0.2, 0.25) is 5.15 Å². The number of aromatic nitrogens is 3. The molecule has 1 saturated heterocycles. The molecule has 0 atom stereocenters. The summed E-state index contributed by atoms with van der Waals surface area (Å²) in [6.45, 7) is 7.26. The summed E-state index contributed by atoms with van der Waals surface area (Å²) < 4.78 is 13.7. The molecule has 178 valence electrons. The van der Waals surface area contributed by atoms with Crippen molar-refractivity contribution >= 4 is 35.7 Å². The number of hydrogen-bond acceptors (Lipinski definition) is 7. The Morgan fingerprint density at radius 3 is 2.76 bits per heavy atom. The molecule has 1 aromatic carbocycles. The topological polar surface area (TPSA) is 74.2 Å². The van der Waals surface area contributed by atoms with E-state index in [9.17, 15) is 4.57 Å². The summed E-state index contributed by atoms with van der Waals surface area (Å²) in [4.78, 5) is 18.5. The summed E-state index contributed by atoms with van der Waals surface area (Å²) in [5.41, 5.74) is 2.69. The maximum absolute atomic E-state index is 13.7. The Hall–Kier alpha value is -2.47. The van der Waals surface area contributed by atoms with Crippen molar-refractivity contribution in [3.63, 3.8) is 0 Å². The number of anilines is 2. The van der Waals surface area contributed by atoms with Gasteiger partial charge in [0.15, 0.2) is 11.6 Å². The van der Waals surface area contributed by atoms with Crippen molar-refractivity contribution < 1.29 is 4.57 Å². The fourth-order valence-corrected chi connectivity index (χ4v) is 7.53. The van der Waals surface area contributed by atoms with Crippen LogP contribution in [0.3, 0.4) is 0 Å². The van der Waals surface area contributed by atoms with E-state index in [0.29, 0.717) is 11.7 Å². The van der Waals surface area contributed by atoms with E-state index < -0.39 is 7.14 Å². The Morgan fingerprint density at radius 2 is 1.97 bits per heavy atom. The lowest BCUT2D eigenvalue weighted by Gasteiger charge is -2.31. The van der Waals surface area contributed by atoms with Gasteiger partial charge < -0.3 is 19.7 Å². The van der Waals surface area contributed by atoms with Crippen LogP contribution in [0.25, 0.3) is 11.3 Å². The number of benzene rings is 1. The SMILES string of the molecule is CCN1CCP(=O)(c2cccc(-c3cnc4c(n3)N(Cc3cccnc3Cl)CCCN4)c2)CC1. The molecule has 0 aliphatic carbocycles. The highest BCUT2D eigenvalue weighted by Gasteiger charge is 2.30. The zero-order valence-corrected chi connectivity index (χ0v) is 21.1. The maximum Gasteiger partial charge on any atom is 0.172 e. The molecule has 0 bridgehead atoms. The third kappa shape index (κ3) is 4.83. The predicted molar refractivity (Wildman–Crippen MR) is 140 cm³/mol. The van der Waals surface area contributed by atoms with Crippen LogP contribution in [0.5, 0.6) is 0 Å². The Balaban J connectivity index is 1.46. The van der Waals surface area contributed by atoms with Crippen LogP contribution in [0, 0.1) is 0 Å². The van der Waals surface area contributed by atoms with Crippen molar-refractivity contribution in [2.75, 3.05) is 55.3 Å². The number of nitrogens with zero attached hydrogens (tertiary/aromatic N) is 5. The second-order valence-corrected chi connectivity index (χ2v) is 12.5. The van der Waals surface area contributed by atoms with Gasteiger partial charge in [-0.05, 0) is 25.1 Å². The standard InChI is InChI=1S/C25H30ClN6OP/c1-2-31-12-14-34(33,15-13-31)21-8-3-6-19(16-21)22-17-29-24-25(30-22)32(11-5-10-28-24)18-20-7-4-9-27-23(20)26/h3-4,6-9,16-17H,2,5,10-15,18H2,1H3,(H,28,29). The second-order valence-electron chi connectivity index (χ2n) is 8.90. The molecule has 7 nitrogen and oxygen atoms in total. The number of rotatable bonds is 5. The fourth-order valence-electron chi connectivity index (χ4n) is 4.67. The summed E-state index contributed by atoms with van der Waals surface area (Å²) in [6.07, 6.45) is 5.96. The summed E-state index contributed by atoms with van der Waals surface area (Å²) in [7, 11) is -2.39. The minimum Gasteiger partial charge on any atom is -0.367 e. The summed E-state index contributed by atoms with van der Waals surface area (Å²) in [6, 6.07) is 12.0. The second kappa shape index (κ2) is 10.0. The molecule has 5 rings (SSSR count). The van der Waals surface area contributed by atoms with Crippen LogP contribution in [0.1, 0.15) is 18.9 Å². The lowest BCUT2D eigenvalue weighted by molar-refractivity contribution is 0.312. The molecule has 2 aromatic heterocycles. The third-order valence-corrected chi connectivity index (χ3v) is 10.2. The number of fused-ring (bicyclic) bond motifs is 1. The maximum atomic E-state index is 13.7. The van der Waals surface area contributed by atoms with Crippen LogP contribution in [0.15, 0.2) is 48.8 Å². The highest BCUT2D eigenvalue weighted by Crippen LogP contribution is 2.46. The molecule has 2 aliphatic rings. The van der Waals surface area contributed by atoms with Crippen LogP contribution >= 0.6 is 18.7 Å². The minimum absolute atomic E-state index is 0.511. The first-order chi connectivity index (χ1) is 16.6. The van der Waals surface area contributed by atoms with Crippen molar-refractivity contribution in [2.45, 2.75) is 19.9 Å². The fraction of sp³-hybridized carbons (Fsp3) is 0.400. The average Bonchev–Trinajstić information content (AvgIpc) is 3.08. The number of pyridine rings is 1. The van der Waals surface area contributed by atoms with Gasteiger partial charge in [-0.2, -0.15) is 0 Å². The number of hydrogen-bond donors (Lipinski definition) is 1. The molecule has 1 N–H and O–H groups in total. The van der Waals surface area contributed by atoms with E-state index in [0.717, 1.165) is 85.2 Å². The molecular weight excluding hydrogens is 467 g/mol. The van der Waals surface area contributed by atoms with Gasteiger partial charge in [0.2, 0.25) is 0 Å². The van der Waals surface area contributed by atoms with E-state index in [-0.39, 0.29) is 0 Å². The van der Waals surface area contributed by atoms with Gasteiger partial charge in [-0.3, -0.25) is 0 Å². The zero-order chi connectivity index (χ0) is 23.5. The first-order valence-corrected chi connectivity index (χ1v) is 14.4. The Morgan fingerprint density at radius 1 is 1.12 bits per heavy atom. The smallest absolute Gasteiger partial charge is 0.172 e. The van der Waals surface area contributed by atoms with Crippen molar-refractivity contribution in [1.82, 2.24) is 19.9 Å². The van der Waals surface area contributed by atoms with Gasteiger partial charge in [0.05, 0.1) is 11.9 Å². The minimum atomic E-state index is -2.39. The Kier molecular flexibility index (Phi) is 6.87. The Bertz CT molecular complexity index is 1210. The van der Waals surface area contributed by atoms with Gasteiger partial charge in [0, 0.05) is 67.7 Å². The molecule has 1 fully saturated rings. The molecule has 0 spiro atoms. The quantitative estimate of drug-likeness (QED) is 0.416. The average molecular weight is 497 g/mol. The Labute approximate surface area is 206 Å². The normalized spacial score (nSPS) is 18.1. The van der Waals surface area contributed by atoms with Gasteiger partial charge in [0.25, 0.3) is 0 Å². The zero-order valence-electron chi connectivity index (χ0n) is 19.5.